The average molecular weight is 392 g/mol. The molecule has 0 spiro atoms. The van der Waals surface area contributed by atoms with Crippen molar-refractivity contribution in [2.45, 2.75) is 11.4 Å². The summed E-state index contributed by atoms with van der Waals surface area (Å²) in [7, 11) is 1.57. The van der Waals surface area contributed by atoms with Gasteiger partial charge in [-0.3, -0.25) is 0 Å². The zero-order chi connectivity index (χ0) is 20.0. The summed E-state index contributed by atoms with van der Waals surface area (Å²) in [5, 5.41) is 9.36. The fraction of sp³-hybridized carbons (Fsp3) is 0.316. The summed E-state index contributed by atoms with van der Waals surface area (Å²) in [5.74, 6) is -1.19. The molecule has 0 amide bonds. The Bertz CT molecular complexity index is 893. The van der Waals surface area contributed by atoms with Crippen LogP contribution in [0.2, 0.25) is 0 Å². The molecule has 2 aromatic rings. The Hall–Kier alpha value is -2.26. The number of nitrogens with one attached hydrogen (secondary N) is 1. The van der Waals surface area contributed by atoms with Crippen molar-refractivity contribution in [1.29, 1.82) is 0 Å². The number of carboxylic acids is 1. The van der Waals surface area contributed by atoms with E-state index in [-0.39, 0.29) is 23.6 Å². The minimum Gasteiger partial charge on any atom is -0.478 e. The number of sulfonamides is 1. The van der Waals surface area contributed by atoms with Gasteiger partial charge in [-0.2, -0.15) is 0 Å². The number of rotatable bonds is 9. The minimum atomic E-state index is -3.84. The van der Waals surface area contributed by atoms with Crippen LogP contribution in [0.4, 0.5) is 0 Å². The average Bonchev–Trinajstić information content (AvgIpc) is 2.61. The Kier molecular flexibility index (Phi) is 7.09. The Morgan fingerprint density at radius 3 is 2.33 bits per heavy atom. The van der Waals surface area contributed by atoms with Gasteiger partial charge < -0.3 is 14.7 Å². The molecule has 2 rings (SSSR count). The standard InChI is InChI=1S/C19H24N2O5S/c1-21(2)13-14-4-6-15(7-5-14)16-10-17(19(22)23)12-18(11-16)27(24,25)20-8-9-26-3/h4-7,10-12,20H,8-9,13H2,1-3H3,(H,22,23). The van der Waals surface area contributed by atoms with Crippen molar-refractivity contribution in [2.75, 3.05) is 34.4 Å². The van der Waals surface area contributed by atoms with Gasteiger partial charge in [0.1, 0.15) is 0 Å². The summed E-state index contributed by atoms with van der Waals surface area (Å²) in [4.78, 5) is 13.4. The van der Waals surface area contributed by atoms with Gasteiger partial charge in [-0.1, -0.05) is 24.3 Å². The third-order valence-corrected chi connectivity index (χ3v) is 5.29. The van der Waals surface area contributed by atoms with Crippen molar-refractivity contribution < 1.29 is 23.1 Å². The highest BCUT2D eigenvalue weighted by molar-refractivity contribution is 7.89. The Morgan fingerprint density at radius 2 is 1.78 bits per heavy atom. The van der Waals surface area contributed by atoms with E-state index in [0.717, 1.165) is 23.7 Å². The van der Waals surface area contributed by atoms with E-state index in [1.165, 1.54) is 19.2 Å². The molecule has 2 N–H and O–H groups in total. The lowest BCUT2D eigenvalue weighted by Crippen LogP contribution is -2.27. The molecule has 0 aliphatic carbocycles. The fourth-order valence-electron chi connectivity index (χ4n) is 2.57. The van der Waals surface area contributed by atoms with Crippen LogP contribution in [0.25, 0.3) is 11.1 Å². The second-order valence-corrected chi connectivity index (χ2v) is 8.14. The topological polar surface area (TPSA) is 95.9 Å². The van der Waals surface area contributed by atoms with Crippen LogP contribution in [-0.2, 0) is 21.3 Å². The van der Waals surface area contributed by atoms with Gasteiger partial charge in [0, 0.05) is 20.2 Å². The van der Waals surface area contributed by atoms with E-state index < -0.39 is 16.0 Å². The van der Waals surface area contributed by atoms with E-state index in [2.05, 4.69) is 4.72 Å². The van der Waals surface area contributed by atoms with Crippen molar-refractivity contribution in [3.63, 3.8) is 0 Å². The van der Waals surface area contributed by atoms with Crippen LogP contribution >= 0.6 is 0 Å². The van der Waals surface area contributed by atoms with Crippen LogP contribution in [0.1, 0.15) is 15.9 Å². The lowest BCUT2D eigenvalue weighted by Gasteiger charge is -2.12. The molecule has 27 heavy (non-hydrogen) atoms. The normalized spacial score (nSPS) is 11.7. The van der Waals surface area contributed by atoms with Crippen LogP contribution in [0.5, 0.6) is 0 Å². The SMILES string of the molecule is COCCNS(=O)(=O)c1cc(C(=O)O)cc(-c2ccc(CN(C)C)cc2)c1. The molecule has 2 aromatic carbocycles. The number of carbonyl (C=O) groups is 1. The predicted molar refractivity (Wildman–Crippen MR) is 103 cm³/mol. The monoisotopic (exact) mass is 392 g/mol. The van der Waals surface area contributed by atoms with E-state index in [1.807, 2.05) is 43.3 Å². The van der Waals surface area contributed by atoms with E-state index in [9.17, 15) is 18.3 Å². The van der Waals surface area contributed by atoms with E-state index in [1.54, 1.807) is 0 Å². The Morgan fingerprint density at radius 1 is 1.11 bits per heavy atom. The quantitative estimate of drug-likeness (QED) is 0.634. The lowest BCUT2D eigenvalue weighted by molar-refractivity contribution is 0.0696. The number of ether oxygens (including phenoxy) is 1. The molecular formula is C19H24N2O5S. The molecular weight excluding hydrogens is 368 g/mol. The minimum absolute atomic E-state index is 0.0861. The molecule has 0 aliphatic rings. The Balaban J connectivity index is 2.42. The van der Waals surface area contributed by atoms with Crippen molar-refractivity contribution in [3.05, 3.63) is 53.6 Å². The number of nitrogens with zero attached hydrogens (tertiary/aromatic N) is 1. The predicted octanol–water partition coefficient (Wildman–Crippen LogP) is 2.04. The highest BCUT2D eigenvalue weighted by Crippen LogP contribution is 2.25. The van der Waals surface area contributed by atoms with E-state index in [0.29, 0.717) is 5.56 Å². The van der Waals surface area contributed by atoms with Crippen LogP contribution in [0, 0.1) is 0 Å². The first-order valence-electron chi connectivity index (χ1n) is 8.34. The summed E-state index contributed by atoms with van der Waals surface area (Å²) >= 11 is 0. The zero-order valence-electron chi connectivity index (χ0n) is 15.6. The van der Waals surface area contributed by atoms with Crippen LogP contribution in [-0.4, -0.2) is 58.8 Å². The molecule has 7 nitrogen and oxygen atoms in total. The van der Waals surface area contributed by atoms with E-state index in [4.69, 9.17) is 4.74 Å². The second-order valence-electron chi connectivity index (χ2n) is 6.38. The summed E-state index contributed by atoms with van der Waals surface area (Å²) in [6.07, 6.45) is 0. The maximum absolute atomic E-state index is 12.5. The molecule has 0 heterocycles. The Labute approximate surface area is 159 Å². The van der Waals surface area contributed by atoms with Crippen molar-refractivity contribution in [1.82, 2.24) is 9.62 Å². The van der Waals surface area contributed by atoms with E-state index >= 15 is 0 Å². The third kappa shape index (κ3) is 5.86. The second kappa shape index (κ2) is 9.09. The van der Waals surface area contributed by atoms with Crippen LogP contribution in [0.15, 0.2) is 47.4 Å². The first kappa shape index (κ1) is 21.0. The first-order valence-corrected chi connectivity index (χ1v) is 9.82. The van der Waals surface area contributed by atoms with Gasteiger partial charge in [0.15, 0.2) is 0 Å². The van der Waals surface area contributed by atoms with Crippen molar-refractivity contribution in [3.8, 4) is 11.1 Å². The van der Waals surface area contributed by atoms with Gasteiger partial charge in [-0.25, -0.2) is 17.9 Å². The number of hydrogen-bond acceptors (Lipinski definition) is 5. The molecule has 8 heteroatoms. The van der Waals surface area contributed by atoms with Gasteiger partial charge in [-0.05, 0) is 49.0 Å². The van der Waals surface area contributed by atoms with Crippen molar-refractivity contribution >= 4 is 16.0 Å². The van der Waals surface area contributed by atoms with Crippen LogP contribution < -0.4 is 4.72 Å². The molecule has 0 saturated heterocycles. The number of hydrogen-bond donors (Lipinski definition) is 2. The maximum Gasteiger partial charge on any atom is 0.335 e. The molecule has 0 aliphatic heterocycles. The molecule has 0 fully saturated rings. The van der Waals surface area contributed by atoms with Gasteiger partial charge in [-0.15, -0.1) is 0 Å². The number of methoxy groups -OCH3 is 1. The molecule has 0 saturated carbocycles. The smallest absolute Gasteiger partial charge is 0.335 e. The van der Waals surface area contributed by atoms with Crippen LogP contribution in [0.3, 0.4) is 0 Å². The third-order valence-electron chi connectivity index (χ3n) is 3.85. The maximum atomic E-state index is 12.5. The lowest BCUT2D eigenvalue weighted by atomic mass is 10.0. The van der Waals surface area contributed by atoms with Gasteiger partial charge in [0.2, 0.25) is 10.0 Å². The molecule has 0 unspecified atom stereocenters. The van der Waals surface area contributed by atoms with Crippen molar-refractivity contribution in [2.24, 2.45) is 0 Å². The highest BCUT2D eigenvalue weighted by Gasteiger charge is 2.18. The number of benzene rings is 2. The first-order chi connectivity index (χ1) is 12.7. The molecule has 0 radical (unpaired) electrons. The zero-order valence-corrected chi connectivity index (χ0v) is 16.4. The molecule has 0 aromatic heterocycles. The summed E-state index contributed by atoms with van der Waals surface area (Å²) < 4.78 is 32.2. The summed E-state index contributed by atoms with van der Waals surface area (Å²) in [6.45, 7) is 1.10. The molecule has 0 atom stereocenters. The fourth-order valence-corrected chi connectivity index (χ4v) is 3.66. The number of carboxylic acid groups (broad SMARTS) is 1. The van der Waals surface area contributed by atoms with Gasteiger partial charge in [0.25, 0.3) is 0 Å². The summed E-state index contributed by atoms with van der Waals surface area (Å²) in [5.41, 5.74) is 2.29. The molecule has 0 bridgehead atoms. The number of aromatic carboxylic acids is 1. The van der Waals surface area contributed by atoms with Gasteiger partial charge in [0.05, 0.1) is 17.1 Å². The van der Waals surface area contributed by atoms with Gasteiger partial charge >= 0.3 is 5.97 Å². The largest absolute Gasteiger partial charge is 0.478 e. The highest BCUT2D eigenvalue weighted by atomic mass is 32.2. The summed E-state index contributed by atoms with van der Waals surface area (Å²) in [6, 6.07) is 11.7. The molecule has 146 valence electrons.